The van der Waals surface area contributed by atoms with Gasteiger partial charge < -0.3 is 25.0 Å². The third-order valence-corrected chi connectivity index (χ3v) is 10.3. The predicted octanol–water partition coefficient (Wildman–Crippen LogP) is 3.12. The van der Waals surface area contributed by atoms with Crippen molar-refractivity contribution in [3.05, 3.63) is 42.5 Å². The molecular weight excluding hydrogens is 642 g/mol. The van der Waals surface area contributed by atoms with Gasteiger partial charge in [-0.1, -0.05) is 45.0 Å². The van der Waals surface area contributed by atoms with Gasteiger partial charge in [-0.3, -0.25) is 24.4 Å². The van der Waals surface area contributed by atoms with Gasteiger partial charge >= 0.3 is 12.2 Å². The highest BCUT2D eigenvalue weighted by atomic mass is 32.2. The number of para-hydroxylation sites is 1. The Morgan fingerprint density at radius 2 is 1.69 bits per heavy atom. The van der Waals surface area contributed by atoms with Gasteiger partial charge in [0.05, 0.1) is 11.8 Å². The van der Waals surface area contributed by atoms with E-state index in [1.54, 1.807) is 53.7 Å². The van der Waals surface area contributed by atoms with Crippen LogP contribution >= 0.6 is 0 Å². The van der Waals surface area contributed by atoms with Crippen LogP contribution in [0.5, 0.6) is 0 Å². The molecule has 1 aromatic carbocycles. The fourth-order valence-electron chi connectivity index (χ4n) is 5.64. The zero-order valence-corrected chi connectivity index (χ0v) is 29.4. The first-order valence-corrected chi connectivity index (χ1v) is 17.6. The Morgan fingerprint density at radius 1 is 1.04 bits per heavy atom. The van der Waals surface area contributed by atoms with Gasteiger partial charge in [-0.05, 0) is 64.0 Å². The van der Waals surface area contributed by atoms with Crippen LogP contribution < -0.4 is 20.7 Å². The van der Waals surface area contributed by atoms with Gasteiger partial charge in [-0.25, -0.2) is 18.0 Å². The predicted molar refractivity (Wildman–Crippen MR) is 177 cm³/mol. The van der Waals surface area contributed by atoms with Crippen molar-refractivity contribution in [2.24, 2.45) is 11.3 Å². The van der Waals surface area contributed by atoms with E-state index in [0.29, 0.717) is 18.5 Å². The molecule has 3 aliphatic rings. The van der Waals surface area contributed by atoms with Crippen molar-refractivity contribution < 1.29 is 41.9 Å². The van der Waals surface area contributed by atoms with E-state index in [1.807, 2.05) is 19.1 Å². The molecule has 5 amide bonds. The van der Waals surface area contributed by atoms with Crippen LogP contribution in [0, 0.1) is 18.3 Å². The molecule has 2 saturated carbocycles. The number of carbonyl (C=O) groups is 5. The Kier molecular flexibility index (Phi) is 10.2. The van der Waals surface area contributed by atoms with E-state index in [1.165, 1.54) is 11.0 Å². The molecule has 3 fully saturated rings. The highest BCUT2D eigenvalue weighted by Crippen LogP contribution is 2.45. The van der Waals surface area contributed by atoms with E-state index >= 15 is 0 Å². The molecule has 1 aliphatic heterocycles. The molecule has 0 bridgehead atoms. The highest BCUT2D eigenvalue weighted by molar-refractivity contribution is 7.91. The number of nitrogens with one attached hydrogen (secondary N) is 4. The molecule has 15 heteroatoms. The Bertz CT molecular complexity index is 1580. The molecule has 0 radical (unpaired) electrons. The van der Waals surface area contributed by atoms with Crippen molar-refractivity contribution in [1.29, 1.82) is 0 Å². The average Bonchev–Trinajstić information content (AvgIpc) is 3.88. The Hall–Kier alpha value is -4.14. The topological polar surface area (TPSA) is 189 Å². The molecule has 0 aromatic heterocycles. The van der Waals surface area contributed by atoms with E-state index in [9.17, 15) is 32.4 Å². The van der Waals surface area contributed by atoms with E-state index < -0.39 is 85.8 Å². The zero-order chi connectivity index (χ0) is 35.8. The molecule has 1 heterocycles. The Labute approximate surface area is 281 Å². The molecule has 4 N–H and O–H groups in total. The first-order chi connectivity index (χ1) is 22.2. The lowest BCUT2D eigenvalue weighted by atomic mass is 9.85. The summed E-state index contributed by atoms with van der Waals surface area (Å²) in [5.74, 6) is -2.82. The summed E-state index contributed by atoms with van der Waals surface area (Å²) in [4.78, 5) is 68.5. The van der Waals surface area contributed by atoms with Gasteiger partial charge in [0.2, 0.25) is 21.8 Å². The highest BCUT2D eigenvalue weighted by Gasteiger charge is 2.62. The van der Waals surface area contributed by atoms with Crippen LogP contribution in [0.1, 0.15) is 72.8 Å². The first kappa shape index (κ1) is 36.7. The maximum Gasteiger partial charge on any atom is 0.411 e. The number of likely N-dealkylation sites (tertiary alicyclic amines) is 1. The van der Waals surface area contributed by atoms with Crippen molar-refractivity contribution in [2.75, 3.05) is 11.9 Å². The van der Waals surface area contributed by atoms with E-state index in [4.69, 9.17) is 9.47 Å². The van der Waals surface area contributed by atoms with E-state index in [0.717, 1.165) is 5.56 Å². The molecule has 14 nitrogen and oxygen atoms in total. The van der Waals surface area contributed by atoms with Crippen LogP contribution in [0.2, 0.25) is 0 Å². The fraction of sp³-hybridized carbons (Fsp3) is 0.606. The van der Waals surface area contributed by atoms with Gasteiger partial charge in [0.15, 0.2) is 0 Å². The van der Waals surface area contributed by atoms with Crippen molar-refractivity contribution in [3.63, 3.8) is 0 Å². The SMILES string of the molecule is C=CC1CC1(NC(=O)C1CC(OC(=O)Nc2ccccc2C)CN1C(=O)C(NC(=O)OC(C)(C)C)C(C)(C)C)C(=O)NS(=O)(=O)C1CC1. The smallest absolute Gasteiger partial charge is 0.411 e. The molecule has 4 rings (SSSR count). The second-order valence-electron chi connectivity index (χ2n) is 14.8. The summed E-state index contributed by atoms with van der Waals surface area (Å²) in [5.41, 5.74) is -1.96. The molecule has 1 saturated heterocycles. The summed E-state index contributed by atoms with van der Waals surface area (Å²) in [7, 11) is -3.91. The zero-order valence-electron chi connectivity index (χ0n) is 28.5. The Balaban J connectivity index is 1.59. The molecular formula is C33H47N5O9S. The normalized spacial score (nSPS) is 24.5. The molecule has 0 spiro atoms. The number of nitrogens with zero attached hydrogens (tertiary/aromatic N) is 1. The van der Waals surface area contributed by atoms with Crippen LogP contribution in [-0.2, 0) is 33.9 Å². The quantitative estimate of drug-likeness (QED) is 0.268. The number of hydrogen-bond donors (Lipinski definition) is 4. The van der Waals surface area contributed by atoms with Crippen LogP contribution in [0.3, 0.4) is 0 Å². The molecule has 5 atom stereocenters. The number of hydrogen-bond acceptors (Lipinski definition) is 9. The van der Waals surface area contributed by atoms with Crippen molar-refractivity contribution in [1.82, 2.24) is 20.3 Å². The van der Waals surface area contributed by atoms with Gasteiger partial charge in [-0.15, -0.1) is 6.58 Å². The summed E-state index contributed by atoms with van der Waals surface area (Å²) in [5, 5.41) is 7.35. The van der Waals surface area contributed by atoms with Crippen LogP contribution in [-0.4, -0.2) is 84.3 Å². The number of alkyl carbamates (subject to hydrolysis) is 1. The van der Waals surface area contributed by atoms with E-state index in [-0.39, 0.29) is 19.4 Å². The molecule has 5 unspecified atom stereocenters. The molecule has 48 heavy (non-hydrogen) atoms. The number of amides is 5. The summed E-state index contributed by atoms with van der Waals surface area (Å²) >= 11 is 0. The van der Waals surface area contributed by atoms with Gasteiger partial charge in [0, 0.05) is 18.0 Å². The minimum atomic E-state index is -3.91. The second-order valence-corrected chi connectivity index (χ2v) is 16.8. The summed E-state index contributed by atoms with van der Waals surface area (Å²) < 4.78 is 38.3. The van der Waals surface area contributed by atoms with Crippen molar-refractivity contribution in [3.8, 4) is 0 Å². The van der Waals surface area contributed by atoms with Crippen molar-refractivity contribution >= 4 is 45.6 Å². The lowest BCUT2D eigenvalue weighted by Gasteiger charge is -2.36. The fourth-order valence-corrected chi connectivity index (χ4v) is 7.00. The lowest BCUT2D eigenvalue weighted by Crippen LogP contribution is -2.60. The minimum Gasteiger partial charge on any atom is -0.444 e. The number of sulfonamides is 1. The molecule has 2 aliphatic carbocycles. The third kappa shape index (κ3) is 8.65. The third-order valence-electron chi connectivity index (χ3n) is 8.53. The number of benzene rings is 1. The standard InChI is InChI=1S/C33H47N5O9S/c1-9-20-17-33(20,28(41)37-48(44,45)22-14-15-22)36-26(39)24-16-21(46-29(42)34-23-13-11-10-12-19(23)2)18-38(24)27(40)25(31(3,4)5)35-30(43)47-32(6,7)8/h9-13,20-22,24-25H,1,14-18H2,2-8H3,(H,34,42)(H,35,43)(H,36,39)(H,37,41). The average molecular weight is 690 g/mol. The largest absolute Gasteiger partial charge is 0.444 e. The maximum absolute atomic E-state index is 14.2. The summed E-state index contributed by atoms with van der Waals surface area (Å²) in [6, 6.07) is 4.68. The number of rotatable bonds is 10. The lowest BCUT2D eigenvalue weighted by molar-refractivity contribution is -0.143. The van der Waals surface area contributed by atoms with Crippen LogP contribution in [0.15, 0.2) is 36.9 Å². The first-order valence-electron chi connectivity index (χ1n) is 16.0. The second kappa shape index (κ2) is 13.4. The Morgan fingerprint density at radius 3 is 2.23 bits per heavy atom. The summed E-state index contributed by atoms with van der Waals surface area (Å²) in [6.07, 6.45) is -0.238. The summed E-state index contributed by atoms with van der Waals surface area (Å²) in [6.45, 7) is 15.6. The number of aryl methyl sites for hydroxylation is 1. The van der Waals surface area contributed by atoms with Gasteiger partial charge in [0.1, 0.15) is 29.3 Å². The van der Waals surface area contributed by atoms with E-state index in [2.05, 4.69) is 27.3 Å². The maximum atomic E-state index is 14.2. The monoisotopic (exact) mass is 689 g/mol. The number of anilines is 1. The van der Waals surface area contributed by atoms with Crippen LogP contribution in [0.25, 0.3) is 0 Å². The van der Waals surface area contributed by atoms with Gasteiger partial charge in [-0.2, -0.15) is 0 Å². The number of ether oxygens (including phenoxy) is 2. The van der Waals surface area contributed by atoms with Crippen molar-refractivity contribution in [2.45, 2.75) is 109 Å². The molecule has 264 valence electrons. The van der Waals surface area contributed by atoms with Gasteiger partial charge in [0.25, 0.3) is 5.91 Å². The molecule has 1 aromatic rings. The minimum absolute atomic E-state index is 0.110. The van der Waals surface area contributed by atoms with Crippen LogP contribution in [0.4, 0.5) is 15.3 Å². The number of carbonyl (C=O) groups excluding carboxylic acids is 5.